The van der Waals surface area contributed by atoms with E-state index in [-0.39, 0.29) is 23.8 Å². The van der Waals surface area contributed by atoms with Gasteiger partial charge in [0.2, 0.25) is 11.7 Å². The van der Waals surface area contributed by atoms with E-state index in [0.717, 1.165) is 24.1 Å². The number of aliphatic hydroxyl groups is 1. The highest BCUT2D eigenvalue weighted by molar-refractivity contribution is 6.03. The quantitative estimate of drug-likeness (QED) is 0.171. The van der Waals surface area contributed by atoms with Crippen molar-refractivity contribution in [1.29, 1.82) is 5.26 Å². The van der Waals surface area contributed by atoms with Crippen LogP contribution in [0.25, 0.3) is 5.76 Å². The third kappa shape index (κ3) is 5.87. The number of rotatable bonds is 6. The number of nitrogens with zero attached hydrogens (tertiary/aromatic N) is 4. The number of aliphatic hydroxyl groups excluding tert-OH is 1. The molecule has 164 valence electrons. The maximum absolute atomic E-state index is 12.6. The molecule has 0 aliphatic heterocycles. The molecule has 0 spiro atoms. The molecule has 31 heavy (non-hydrogen) atoms. The van der Waals surface area contributed by atoms with Crippen LogP contribution in [-0.4, -0.2) is 71.5 Å². The van der Waals surface area contributed by atoms with Gasteiger partial charge in [0.15, 0.2) is 11.3 Å². The molecule has 0 radical (unpaired) electrons. The number of nitro benzene ring substituents is 1. The number of amides is 2. The summed E-state index contributed by atoms with van der Waals surface area (Å²) in [5, 5.41) is 40.7. The number of methoxy groups -OCH3 is 1. The standard InChI is InChI=1S/C20H22N4O7/c1-12(19(27)22(2)3)7-6-8-23(4)20(28)14(11-21)17(25)13-9-15(24(29)30)18(26)16(10-13)31-5/h9-10,12,25-26H,8H2,1-5H3/b17-14-. The van der Waals surface area contributed by atoms with Crippen molar-refractivity contribution in [3.63, 3.8) is 0 Å². The molecule has 1 aromatic carbocycles. The van der Waals surface area contributed by atoms with Gasteiger partial charge in [0.05, 0.1) is 24.5 Å². The molecule has 1 atom stereocenters. The van der Waals surface area contributed by atoms with Crippen molar-refractivity contribution in [2.75, 3.05) is 34.8 Å². The first-order valence-electron chi connectivity index (χ1n) is 8.80. The third-order valence-corrected chi connectivity index (χ3v) is 4.10. The lowest BCUT2D eigenvalue weighted by atomic mass is 10.1. The number of likely N-dealkylation sites (N-methyl/N-ethyl adjacent to an activating group) is 1. The first-order chi connectivity index (χ1) is 14.5. The van der Waals surface area contributed by atoms with Gasteiger partial charge in [-0.2, -0.15) is 5.26 Å². The average molecular weight is 430 g/mol. The van der Waals surface area contributed by atoms with Crippen molar-refractivity contribution in [3.05, 3.63) is 33.4 Å². The number of ether oxygens (including phenoxy) is 1. The SMILES string of the molecule is COc1cc(/C(O)=C(\C#N)C(=O)N(C)CC#CC(C)C(=O)N(C)C)cc([N+](=O)[O-])c1O. The minimum Gasteiger partial charge on any atom is -0.506 e. The first-order valence-corrected chi connectivity index (χ1v) is 8.80. The zero-order chi connectivity index (χ0) is 23.9. The Bertz CT molecular complexity index is 1030. The monoisotopic (exact) mass is 430 g/mol. The predicted molar refractivity (Wildman–Crippen MR) is 110 cm³/mol. The van der Waals surface area contributed by atoms with Crippen LogP contribution in [0.4, 0.5) is 5.69 Å². The molecule has 1 aromatic rings. The summed E-state index contributed by atoms with van der Waals surface area (Å²) in [7, 11) is 5.66. The molecule has 2 N–H and O–H groups in total. The van der Waals surface area contributed by atoms with Gasteiger partial charge in [-0.1, -0.05) is 11.8 Å². The summed E-state index contributed by atoms with van der Waals surface area (Å²) in [5.74, 6) is 1.75. The Balaban J connectivity index is 3.24. The molecule has 0 heterocycles. The van der Waals surface area contributed by atoms with Crippen LogP contribution in [-0.2, 0) is 9.59 Å². The molecule has 0 aliphatic rings. The highest BCUT2D eigenvalue weighted by Crippen LogP contribution is 2.38. The van der Waals surface area contributed by atoms with Crippen molar-refractivity contribution in [2.24, 2.45) is 5.92 Å². The number of nitriles is 1. The number of phenolic OH excluding ortho intramolecular Hbond substituents is 1. The summed E-state index contributed by atoms with van der Waals surface area (Å²) in [6, 6.07) is 3.43. The Labute approximate surface area is 178 Å². The molecule has 0 saturated heterocycles. The van der Waals surface area contributed by atoms with Crippen molar-refractivity contribution in [1.82, 2.24) is 9.80 Å². The molecule has 1 unspecified atom stereocenters. The second-order valence-corrected chi connectivity index (χ2v) is 6.58. The largest absolute Gasteiger partial charge is 0.506 e. The maximum Gasteiger partial charge on any atom is 0.315 e. The number of hydrogen-bond acceptors (Lipinski definition) is 8. The predicted octanol–water partition coefficient (Wildman–Crippen LogP) is 1.29. The van der Waals surface area contributed by atoms with Gasteiger partial charge in [-0.25, -0.2) is 0 Å². The van der Waals surface area contributed by atoms with E-state index in [4.69, 9.17) is 4.74 Å². The van der Waals surface area contributed by atoms with E-state index in [2.05, 4.69) is 11.8 Å². The van der Waals surface area contributed by atoms with E-state index in [9.17, 15) is 35.2 Å². The van der Waals surface area contributed by atoms with Gasteiger partial charge in [-0.3, -0.25) is 19.7 Å². The second kappa shape index (κ2) is 10.5. The lowest BCUT2D eigenvalue weighted by Gasteiger charge is -2.15. The molecule has 0 aromatic heterocycles. The normalized spacial score (nSPS) is 11.7. The lowest BCUT2D eigenvalue weighted by molar-refractivity contribution is -0.386. The smallest absolute Gasteiger partial charge is 0.315 e. The van der Waals surface area contributed by atoms with Gasteiger partial charge in [0, 0.05) is 32.8 Å². The van der Waals surface area contributed by atoms with Crippen LogP contribution in [0, 0.1) is 39.2 Å². The summed E-state index contributed by atoms with van der Waals surface area (Å²) in [6.45, 7) is 1.47. The van der Waals surface area contributed by atoms with Gasteiger partial charge in [0.25, 0.3) is 5.91 Å². The van der Waals surface area contributed by atoms with Gasteiger partial charge in [0.1, 0.15) is 11.8 Å². The second-order valence-electron chi connectivity index (χ2n) is 6.58. The Morgan fingerprint density at radius 3 is 2.42 bits per heavy atom. The van der Waals surface area contributed by atoms with E-state index in [1.807, 2.05) is 0 Å². The number of nitro groups is 1. The zero-order valence-corrected chi connectivity index (χ0v) is 17.7. The van der Waals surface area contributed by atoms with Gasteiger partial charge in [-0.05, 0) is 13.0 Å². The number of carbonyl (C=O) groups excluding carboxylic acids is 2. The van der Waals surface area contributed by atoms with Crippen molar-refractivity contribution < 1.29 is 29.5 Å². The van der Waals surface area contributed by atoms with Crippen LogP contribution in [0.3, 0.4) is 0 Å². The topological polar surface area (TPSA) is 157 Å². The molecule has 1 rings (SSSR count). The molecule has 11 nitrogen and oxygen atoms in total. The number of benzene rings is 1. The lowest BCUT2D eigenvalue weighted by Crippen LogP contribution is -2.29. The minimum atomic E-state index is -0.902. The van der Waals surface area contributed by atoms with Crippen LogP contribution >= 0.6 is 0 Å². The Kier molecular flexibility index (Phi) is 8.40. The van der Waals surface area contributed by atoms with E-state index >= 15 is 0 Å². The maximum atomic E-state index is 12.6. The van der Waals surface area contributed by atoms with E-state index in [0.29, 0.717) is 0 Å². The van der Waals surface area contributed by atoms with E-state index in [1.54, 1.807) is 27.1 Å². The van der Waals surface area contributed by atoms with Gasteiger partial charge < -0.3 is 24.7 Å². The van der Waals surface area contributed by atoms with Crippen LogP contribution in [0.1, 0.15) is 12.5 Å². The molecule has 0 aliphatic carbocycles. The number of hydrogen-bond donors (Lipinski definition) is 2. The number of aromatic hydroxyl groups is 1. The summed E-state index contributed by atoms with van der Waals surface area (Å²) >= 11 is 0. The van der Waals surface area contributed by atoms with Crippen LogP contribution in [0.5, 0.6) is 11.5 Å². The van der Waals surface area contributed by atoms with E-state index in [1.165, 1.54) is 11.9 Å². The molecule has 11 heteroatoms. The van der Waals surface area contributed by atoms with Crippen LogP contribution in [0.15, 0.2) is 17.7 Å². The molecular weight excluding hydrogens is 408 g/mol. The van der Waals surface area contributed by atoms with Crippen LogP contribution in [0.2, 0.25) is 0 Å². The molecule has 2 amide bonds. The summed E-state index contributed by atoms with van der Waals surface area (Å²) in [6.07, 6.45) is 0. The highest BCUT2D eigenvalue weighted by Gasteiger charge is 2.25. The average Bonchev–Trinajstić information content (AvgIpc) is 2.72. The first kappa shape index (κ1) is 24.8. The third-order valence-electron chi connectivity index (χ3n) is 4.10. The summed E-state index contributed by atoms with van der Waals surface area (Å²) in [4.78, 5) is 37.0. The highest BCUT2D eigenvalue weighted by atomic mass is 16.6. The molecular formula is C20H22N4O7. The van der Waals surface area contributed by atoms with Crippen molar-refractivity contribution in [2.45, 2.75) is 6.92 Å². The van der Waals surface area contributed by atoms with E-state index < -0.39 is 39.5 Å². The minimum absolute atomic E-state index is 0.138. The molecule has 0 bridgehead atoms. The summed E-state index contributed by atoms with van der Waals surface area (Å²) < 4.78 is 4.84. The Morgan fingerprint density at radius 1 is 1.32 bits per heavy atom. The number of phenols is 1. The zero-order valence-electron chi connectivity index (χ0n) is 17.7. The van der Waals surface area contributed by atoms with Crippen LogP contribution < -0.4 is 4.74 Å². The van der Waals surface area contributed by atoms with Crippen molar-refractivity contribution in [3.8, 4) is 29.4 Å². The van der Waals surface area contributed by atoms with Gasteiger partial charge >= 0.3 is 5.69 Å². The van der Waals surface area contributed by atoms with Crippen molar-refractivity contribution >= 4 is 23.3 Å². The number of carbonyl (C=O) groups is 2. The fourth-order valence-corrected chi connectivity index (χ4v) is 2.40. The molecule has 0 saturated carbocycles. The molecule has 0 fully saturated rings. The summed E-state index contributed by atoms with van der Waals surface area (Å²) in [5.41, 5.74) is -1.73. The Hall–Kier alpha value is -4.25. The van der Waals surface area contributed by atoms with Gasteiger partial charge in [-0.15, -0.1) is 0 Å². The fraction of sp³-hybridized carbons (Fsp3) is 0.350. The fourth-order valence-electron chi connectivity index (χ4n) is 2.40. The Morgan fingerprint density at radius 2 is 1.94 bits per heavy atom.